The maximum Gasteiger partial charge on any atom is 0.226 e. The first-order valence-corrected chi connectivity index (χ1v) is 7.63. The smallest absolute Gasteiger partial charge is 0.226 e. The van der Waals surface area contributed by atoms with Crippen molar-refractivity contribution in [3.8, 4) is 6.07 Å². The van der Waals surface area contributed by atoms with Crippen LogP contribution in [0.3, 0.4) is 0 Å². The Kier molecular flexibility index (Phi) is 5.17. The van der Waals surface area contributed by atoms with E-state index in [2.05, 4.69) is 15.5 Å². The highest BCUT2D eigenvalue weighted by atomic mass is 19.1. The van der Waals surface area contributed by atoms with E-state index in [0.717, 1.165) is 6.21 Å². The third kappa shape index (κ3) is 3.66. The molecule has 0 bridgehead atoms. The number of aromatic nitrogens is 2. The van der Waals surface area contributed by atoms with Gasteiger partial charge in [0.15, 0.2) is 12.0 Å². The van der Waals surface area contributed by atoms with Gasteiger partial charge in [-0.25, -0.2) is 4.39 Å². The molecule has 0 amide bonds. The van der Waals surface area contributed by atoms with E-state index < -0.39 is 17.9 Å². The molecular formula is C17H14FN5O3. The summed E-state index contributed by atoms with van der Waals surface area (Å²) in [5.74, 6) is -0.980. The summed E-state index contributed by atoms with van der Waals surface area (Å²) in [6.07, 6.45) is 1.44. The quantitative estimate of drug-likeness (QED) is 0.415. The van der Waals surface area contributed by atoms with Crippen molar-refractivity contribution in [2.45, 2.75) is 6.29 Å². The Morgan fingerprint density at radius 2 is 2.19 bits per heavy atom. The number of ether oxygens (including phenoxy) is 2. The monoisotopic (exact) mass is 355 g/mol. The Morgan fingerprint density at radius 1 is 1.42 bits per heavy atom. The summed E-state index contributed by atoms with van der Waals surface area (Å²) in [6, 6.07) is 7.07. The van der Waals surface area contributed by atoms with Crippen LogP contribution in [0.5, 0.6) is 0 Å². The zero-order valence-corrected chi connectivity index (χ0v) is 13.5. The molecule has 1 saturated heterocycles. The number of H-pyrrole nitrogens is 1. The number of nitriles is 1. The van der Waals surface area contributed by atoms with Crippen molar-refractivity contribution in [2.24, 2.45) is 0 Å². The average molecular weight is 355 g/mol. The number of rotatable bonds is 6. The molecule has 1 aromatic heterocycles. The summed E-state index contributed by atoms with van der Waals surface area (Å²) in [5, 5.41) is 25.1. The van der Waals surface area contributed by atoms with Crippen molar-refractivity contribution in [1.29, 1.82) is 10.7 Å². The number of carbonyl (C=O) groups excluding carboxylic acids is 1. The second-order valence-electron chi connectivity index (χ2n) is 5.28. The lowest BCUT2D eigenvalue weighted by Gasteiger charge is -2.17. The molecule has 0 aliphatic carbocycles. The highest BCUT2D eigenvalue weighted by Gasteiger charge is 2.24. The first kappa shape index (κ1) is 17.5. The molecule has 2 heterocycles. The molecule has 2 aromatic rings. The molecule has 0 radical (unpaired) electrons. The molecule has 0 saturated carbocycles. The van der Waals surface area contributed by atoms with E-state index in [4.69, 9.17) is 20.1 Å². The predicted molar refractivity (Wildman–Crippen MR) is 89.2 cm³/mol. The van der Waals surface area contributed by atoms with Crippen LogP contribution in [0.25, 0.3) is 0 Å². The van der Waals surface area contributed by atoms with Gasteiger partial charge in [0.05, 0.1) is 18.9 Å². The highest BCUT2D eigenvalue weighted by Crippen LogP contribution is 2.31. The summed E-state index contributed by atoms with van der Waals surface area (Å²) < 4.78 is 24.5. The Hall–Kier alpha value is -3.35. The third-order valence-corrected chi connectivity index (χ3v) is 3.59. The number of benzene rings is 1. The normalized spacial score (nSPS) is 14.8. The van der Waals surface area contributed by atoms with Crippen LogP contribution in [-0.4, -0.2) is 35.4 Å². The van der Waals surface area contributed by atoms with Crippen LogP contribution in [0, 0.1) is 22.6 Å². The van der Waals surface area contributed by atoms with Gasteiger partial charge in [-0.3, -0.25) is 9.89 Å². The van der Waals surface area contributed by atoms with Crippen LogP contribution in [0.1, 0.15) is 28.0 Å². The van der Waals surface area contributed by atoms with E-state index in [1.54, 1.807) is 0 Å². The highest BCUT2D eigenvalue weighted by molar-refractivity contribution is 6.11. The lowest BCUT2D eigenvalue weighted by Crippen LogP contribution is -2.15. The number of hydrogen-bond donors (Lipinski definition) is 3. The molecule has 1 aliphatic heterocycles. The second-order valence-corrected chi connectivity index (χ2v) is 5.28. The SMILES string of the molecule is N#Cc1cc(C(=O)/C(=C/C=N)Nc2ccc(F)cc2C2OCCO2)[nH]n1. The second kappa shape index (κ2) is 7.69. The molecule has 1 aliphatic rings. The summed E-state index contributed by atoms with van der Waals surface area (Å²) >= 11 is 0. The molecule has 8 nitrogen and oxygen atoms in total. The molecule has 0 atom stereocenters. The molecular weight excluding hydrogens is 341 g/mol. The number of anilines is 1. The topological polar surface area (TPSA) is 124 Å². The molecule has 1 aromatic carbocycles. The van der Waals surface area contributed by atoms with Crippen molar-refractivity contribution < 1.29 is 18.7 Å². The Bertz CT molecular complexity index is 909. The van der Waals surface area contributed by atoms with Gasteiger partial charge in [-0.15, -0.1) is 0 Å². The van der Waals surface area contributed by atoms with Gasteiger partial charge in [-0.2, -0.15) is 10.4 Å². The Morgan fingerprint density at radius 3 is 2.85 bits per heavy atom. The van der Waals surface area contributed by atoms with E-state index in [0.29, 0.717) is 24.5 Å². The van der Waals surface area contributed by atoms with E-state index in [9.17, 15) is 9.18 Å². The molecule has 3 N–H and O–H groups in total. The molecule has 0 unspecified atom stereocenters. The first-order chi connectivity index (χ1) is 12.6. The summed E-state index contributed by atoms with van der Waals surface area (Å²) in [6.45, 7) is 0.766. The number of hydrogen-bond acceptors (Lipinski definition) is 7. The molecule has 3 rings (SSSR count). The Labute approximate surface area is 147 Å². The van der Waals surface area contributed by atoms with E-state index in [1.165, 1.54) is 30.3 Å². The predicted octanol–water partition coefficient (Wildman–Crippen LogP) is 2.29. The van der Waals surface area contributed by atoms with Gasteiger partial charge in [0, 0.05) is 23.5 Å². The van der Waals surface area contributed by atoms with Crippen LogP contribution < -0.4 is 5.32 Å². The van der Waals surface area contributed by atoms with Crippen molar-refractivity contribution in [3.63, 3.8) is 0 Å². The van der Waals surface area contributed by atoms with Gasteiger partial charge in [0.2, 0.25) is 5.78 Å². The minimum atomic E-state index is -0.748. The largest absolute Gasteiger partial charge is 0.352 e. The van der Waals surface area contributed by atoms with Gasteiger partial charge >= 0.3 is 0 Å². The fourth-order valence-electron chi connectivity index (χ4n) is 2.42. The maximum atomic E-state index is 13.7. The standard InChI is InChI=1S/C17H14FN5O3/c18-10-1-2-13(12(7-10)17-25-5-6-26-17)21-14(3-4-19)16(24)15-8-11(9-20)22-23-15/h1-4,7-8,17,19,21H,5-6H2,(H,22,23)/b14-3-,19-4?. The fraction of sp³-hybridized carbons (Fsp3) is 0.176. The van der Waals surface area contributed by atoms with Crippen LogP contribution in [0.2, 0.25) is 0 Å². The van der Waals surface area contributed by atoms with Gasteiger partial charge in [-0.05, 0) is 24.3 Å². The fourth-order valence-corrected chi connectivity index (χ4v) is 2.42. The van der Waals surface area contributed by atoms with Gasteiger partial charge in [0.1, 0.15) is 17.6 Å². The number of carbonyl (C=O) groups is 1. The van der Waals surface area contributed by atoms with Crippen molar-refractivity contribution in [2.75, 3.05) is 18.5 Å². The van der Waals surface area contributed by atoms with Crippen LogP contribution in [0.15, 0.2) is 36.0 Å². The lowest BCUT2D eigenvalue weighted by atomic mass is 10.1. The van der Waals surface area contributed by atoms with Crippen LogP contribution in [-0.2, 0) is 9.47 Å². The Balaban J connectivity index is 1.91. The van der Waals surface area contributed by atoms with Crippen LogP contribution >= 0.6 is 0 Å². The minimum Gasteiger partial charge on any atom is -0.352 e. The van der Waals surface area contributed by atoms with E-state index in [1.807, 2.05) is 6.07 Å². The van der Waals surface area contributed by atoms with E-state index >= 15 is 0 Å². The molecule has 26 heavy (non-hydrogen) atoms. The van der Waals surface area contributed by atoms with Crippen LogP contribution in [0.4, 0.5) is 10.1 Å². The maximum absolute atomic E-state index is 13.7. The third-order valence-electron chi connectivity index (χ3n) is 3.59. The number of halogens is 1. The average Bonchev–Trinajstić information content (AvgIpc) is 3.33. The zero-order chi connectivity index (χ0) is 18.5. The lowest BCUT2D eigenvalue weighted by molar-refractivity contribution is -0.0437. The molecule has 9 heteroatoms. The first-order valence-electron chi connectivity index (χ1n) is 7.63. The molecule has 0 spiro atoms. The number of nitrogens with zero attached hydrogens (tertiary/aromatic N) is 2. The zero-order valence-electron chi connectivity index (χ0n) is 13.5. The molecule has 132 valence electrons. The summed E-state index contributed by atoms with van der Waals surface area (Å²) in [5.41, 5.74) is 0.990. The van der Waals surface area contributed by atoms with Crippen molar-refractivity contribution >= 4 is 17.7 Å². The molecule has 1 fully saturated rings. The number of nitrogens with one attached hydrogen (secondary N) is 3. The minimum absolute atomic E-state index is 0.0407. The van der Waals surface area contributed by atoms with Gasteiger partial charge < -0.3 is 20.2 Å². The summed E-state index contributed by atoms with van der Waals surface area (Å²) in [4.78, 5) is 12.6. The number of ketones is 1. The number of allylic oxidation sites excluding steroid dienone is 2. The van der Waals surface area contributed by atoms with Gasteiger partial charge in [0.25, 0.3) is 0 Å². The van der Waals surface area contributed by atoms with E-state index in [-0.39, 0.29) is 17.1 Å². The van der Waals surface area contributed by atoms with Crippen molar-refractivity contribution in [3.05, 3.63) is 58.8 Å². The van der Waals surface area contributed by atoms with Crippen molar-refractivity contribution in [1.82, 2.24) is 10.2 Å². The summed E-state index contributed by atoms with van der Waals surface area (Å²) in [7, 11) is 0. The van der Waals surface area contributed by atoms with Gasteiger partial charge in [-0.1, -0.05) is 0 Å². The number of Topliss-reactive ketones (excluding diaryl/α,β-unsaturated/α-hetero) is 1. The number of aromatic amines is 1.